The number of fused-ring (bicyclic) bond motifs is 1. The second-order valence-corrected chi connectivity index (χ2v) is 7.22. The largest absolute Gasteiger partial charge is 0.392 e. The van der Waals surface area contributed by atoms with Crippen LogP contribution in [-0.2, 0) is 13.0 Å². The Kier molecular flexibility index (Phi) is 4.38. The predicted octanol–water partition coefficient (Wildman–Crippen LogP) is 4.03. The highest BCUT2D eigenvalue weighted by Gasteiger charge is 2.33. The Labute approximate surface area is 151 Å². The highest BCUT2D eigenvalue weighted by atomic mass is 32.1. The molecule has 3 nitrogen and oxygen atoms in total. The number of aliphatic hydroxyl groups excluding tert-OH is 1. The maximum Gasteiger partial charge on any atom is 0.254 e. The number of thiophene rings is 1. The number of carbonyl (C=O) groups is 1. The number of hydrogen-bond donors (Lipinski definition) is 1. The molecule has 3 aromatic rings. The number of nitrogens with zero attached hydrogens (tertiary/aromatic N) is 1. The van der Waals surface area contributed by atoms with Gasteiger partial charge in [-0.3, -0.25) is 4.79 Å². The highest BCUT2D eigenvalue weighted by Crippen LogP contribution is 2.38. The smallest absolute Gasteiger partial charge is 0.254 e. The van der Waals surface area contributed by atoms with Crippen molar-refractivity contribution in [2.75, 3.05) is 6.54 Å². The Morgan fingerprint density at radius 1 is 1.08 bits per heavy atom. The zero-order valence-electron chi connectivity index (χ0n) is 13.8. The molecule has 1 amide bonds. The fourth-order valence-corrected chi connectivity index (χ4v) is 4.35. The molecule has 4 rings (SSSR count). The van der Waals surface area contributed by atoms with Crippen molar-refractivity contribution in [3.05, 3.63) is 93.2 Å². The van der Waals surface area contributed by atoms with Gasteiger partial charge in [0, 0.05) is 17.0 Å². The van der Waals surface area contributed by atoms with E-state index in [-0.39, 0.29) is 18.6 Å². The summed E-state index contributed by atoms with van der Waals surface area (Å²) in [5, 5.41) is 11.3. The van der Waals surface area contributed by atoms with Crippen LogP contribution < -0.4 is 0 Å². The van der Waals surface area contributed by atoms with Crippen LogP contribution in [0, 0.1) is 0 Å². The summed E-state index contributed by atoms with van der Waals surface area (Å²) in [6, 6.07) is 19.6. The Hall–Kier alpha value is -2.43. The lowest BCUT2D eigenvalue weighted by atomic mass is 9.92. The molecular formula is C21H19NO2S. The molecule has 0 aliphatic carbocycles. The van der Waals surface area contributed by atoms with E-state index in [1.165, 1.54) is 10.4 Å². The van der Waals surface area contributed by atoms with E-state index in [1.807, 2.05) is 35.2 Å². The molecule has 0 saturated carbocycles. The van der Waals surface area contributed by atoms with Gasteiger partial charge < -0.3 is 10.0 Å². The average molecular weight is 349 g/mol. The highest BCUT2D eigenvalue weighted by molar-refractivity contribution is 7.10. The van der Waals surface area contributed by atoms with E-state index in [0.29, 0.717) is 12.1 Å². The van der Waals surface area contributed by atoms with Gasteiger partial charge in [-0.15, -0.1) is 11.3 Å². The molecule has 25 heavy (non-hydrogen) atoms. The molecule has 126 valence electrons. The first kappa shape index (κ1) is 16.1. The summed E-state index contributed by atoms with van der Waals surface area (Å²) in [6.45, 7) is 0.705. The van der Waals surface area contributed by atoms with E-state index >= 15 is 0 Å². The SMILES string of the molecule is O=C(c1ccc(CO)cc1)N1CCc2sccc2C1c1ccccc1. The minimum absolute atomic E-state index is 0.0108. The van der Waals surface area contributed by atoms with Gasteiger partial charge >= 0.3 is 0 Å². The fraction of sp³-hybridized carbons (Fsp3) is 0.190. The van der Waals surface area contributed by atoms with Gasteiger partial charge in [-0.05, 0) is 46.7 Å². The van der Waals surface area contributed by atoms with Crippen LogP contribution in [0.15, 0.2) is 66.0 Å². The molecule has 0 fully saturated rings. The van der Waals surface area contributed by atoms with Crippen molar-refractivity contribution in [3.63, 3.8) is 0 Å². The first-order chi connectivity index (χ1) is 12.3. The van der Waals surface area contributed by atoms with Crippen molar-refractivity contribution >= 4 is 17.2 Å². The van der Waals surface area contributed by atoms with E-state index in [1.54, 1.807) is 23.5 Å². The molecule has 1 atom stereocenters. The van der Waals surface area contributed by atoms with E-state index in [2.05, 4.69) is 23.6 Å². The second-order valence-electron chi connectivity index (χ2n) is 6.22. The monoisotopic (exact) mass is 349 g/mol. The summed E-state index contributed by atoms with van der Waals surface area (Å²) >= 11 is 1.77. The molecule has 0 spiro atoms. The lowest BCUT2D eigenvalue weighted by molar-refractivity contribution is 0.0696. The van der Waals surface area contributed by atoms with Crippen molar-refractivity contribution in [2.45, 2.75) is 19.1 Å². The van der Waals surface area contributed by atoms with Crippen molar-refractivity contribution < 1.29 is 9.90 Å². The van der Waals surface area contributed by atoms with Gasteiger partial charge in [0.1, 0.15) is 0 Å². The van der Waals surface area contributed by atoms with Crippen LogP contribution in [0.2, 0.25) is 0 Å². The second kappa shape index (κ2) is 6.82. The van der Waals surface area contributed by atoms with Crippen LogP contribution in [0.3, 0.4) is 0 Å². The minimum Gasteiger partial charge on any atom is -0.392 e. The topological polar surface area (TPSA) is 40.5 Å². The van der Waals surface area contributed by atoms with Crippen molar-refractivity contribution in [1.29, 1.82) is 0 Å². The summed E-state index contributed by atoms with van der Waals surface area (Å²) in [4.78, 5) is 16.5. The van der Waals surface area contributed by atoms with Gasteiger partial charge in [-0.25, -0.2) is 0 Å². The van der Waals surface area contributed by atoms with Gasteiger partial charge in [0.25, 0.3) is 5.91 Å². The summed E-state index contributed by atoms with van der Waals surface area (Å²) in [5.74, 6) is 0.0372. The normalized spacial score (nSPS) is 16.5. The minimum atomic E-state index is -0.0405. The summed E-state index contributed by atoms with van der Waals surface area (Å²) in [5.41, 5.74) is 3.86. The lowest BCUT2D eigenvalue weighted by Gasteiger charge is -2.36. The van der Waals surface area contributed by atoms with E-state index in [9.17, 15) is 9.90 Å². The number of amides is 1. The maximum atomic E-state index is 13.2. The van der Waals surface area contributed by atoms with Crippen LogP contribution in [0.25, 0.3) is 0 Å². The molecule has 1 aromatic heterocycles. The molecule has 0 radical (unpaired) electrons. The van der Waals surface area contributed by atoms with E-state index in [4.69, 9.17) is 0 Å². The standard InChI is InChI=1S/C21H19NO2S/c23-14-15-6-8-17(9-7-15)21(24)22-12-10-19-18(11-13-25-19)20(22)16-4-2-1-3-5-16/h1-9,11,13,20,23H,10,12,14H2. The number of rotatable bonds is 3. The van der Waals surface area contributed by atoms with Crippen LogP contribution in [0.1, 0.15) is 38.0 Å². The van der Waals surface area contributed by atoms with Crippen LogP contribution in [0.4, 0.5) is 0 Å². The molecule has 2 heterocycles. The molecule has 1 N–H and O–H groups in total. The maximum absolute atomic E-state index is 13.2. The molecule has 0 bridgehead atoms. The van der Waals surface area contributed by atoms with E-state index in [0.717, 1.165) is 17.5 Å². The zero-order chi connectivity index (χ0) is 17.2. The fourth-order valence-electron chi connectivity index (χ4n) is 3.45. The van der Waals surface area contributed by atoms with Crippen molar-refractivity contribution in [1.82, 2.24) is 4.90 Å². The lowest BCUT2D eigenvalue weighted by Crippen LogP contribution is -2.40. The number of benzene rings is 2. The van der Waals surface area contributed by atoms with Gasteiger partial charge in [0.2, 0.25) is 0 Å². The number of hydrogen-bond acceptors (Lipinski definition) is 3. The van der Waals surface area contributed by atoms with Crippen LogP contribution in [0.5, 0.6) is 0 Å². The Balaban J connectivity index is 1.73. The third-order valence-corrected chi connectivity index (χ3v) is 5.72. The quantitative estimate of drug-likeness (QED) is 0.776. The first-order valence-corrected chi connectivity index (χ1v) is 9.28. The average Bonchev–Trinajstić information content (AvgIpc) is 3.16. The Morgan fingerprint density at radius 3 is 2.56 bits per heavy atom. The van der Waals surface area contributed by atoms with Gasteiger partial charge in [0.15, 0.2) is 0 Å². The zero-order valence-corrected chi connectivity index (χ0v) is 14.6. The van der Waals surface area contributed by atoms with Crippen molar-refractivity contribution in [3.8, 4) is 0 Å². The third-order valence-electron chi connectivity index (χ3n) is 4.73. The van der Waals surface area contributed by atoms with Crippen LogP contribution >= 0.6 is 11.3 Å². The number of aliphatic hydroxyl groups is 1. The van der Waals surface area contributed by atoms with Gasteiger partial charge in [-0.1, -0.05) is 42.5 Å². The summed E-state index contributed by atoms with van der Waals surface area (Å²) in [6.07, 6.45) is 0.900. The number of carbonyl (C=O) groups excluding carboxylic acids is 1. The molecule has 0 saturated heterocycles. The summed E-state index contributed by atoms with van der Waals surface area (Å²) in [7, 11) is 0. The summed E-state index contributed by atoms with van der Waals surface area (Å²) < 4.78 is 0. The van der Waals surface area contributed by atoms with Crippen LogP contribution in [-0.4, -0.2) is 22.5 Å². The molecule has 2 aromatic carbocycles. The molecule has 1 unspecified atom stereocenters. The third kappa shape index (κ3) is 2.99. The van der Waals surface area contributed by atoms with E-state index < -0.39 is 0 Å². The Bertz CT molecular complexity index is 870. The molecule has 1 aliphatic rings. The molecule has 1 aliphatic heterocycles. The Morgan fingerprint density at radius 2 is 1.84 bits per heavy atom. The predicted molar refractivity (Wildman–Crippen MR) is 99.7 cm³/mol. The first-order valence-electron chi connectivity index (χ1n) is 8.40. The molecule has 4 heteroatoms. The van der Waals surface area contributed by atoms with Gasteiger partial charge in [-0.2, -0.15) is 0 Å². The van der Waals surface area contributed by atoms with Gasteiger partial charge in [0.05, 0.1) is 12.6 Å². The molecular weight excluding hydrogens is 330 g/mol. The van der Waals surface area contributed by atoms with Crippen molar-refractivity contribution in [2.24, 2.45) is 0 Å².